The molecule has 2 nitrogen and oxygen atoms in total. The quantitative estimate of drug-likeness (QED) is 0.749. The Kier molecular flexibility index (Phi) is 5.08. The Bertz CT molecular complexity index is 543. The highest BCUT2D eigenvalue weighted by Crippen LogP contribution is 2.10. The number of hydrogen-bond acceptors (Lipinski definition) is 2. The molecule has 0 unspecified atom stereocenters. The lowest BCUT2D eigenvalue weighted by Gasteiger charge is -2.09. The second-order valence-electron chi connectivity index (χ2n) is 5.34. The van der Waals surface area contributed by atoms with Crippen LogP contribution in [0.1, 0.15) is 21.5 Å². The van der Waals surface area contributed by atoms with Gasteiger partial charge in [-0.3, -0.25) is 4.79 Å². The lowest BCUT2D eigenvalue weighted by atomic mass is 10.0. The van der Waals surface area contributed by atoms with E-state index >= 15 is 0 Å². The van der Waals surface area contributed by atoms with Crippen molar-refractivity contribution in [3.63, 3.8) is 0 Å². The summed E-state index contributed by atoms with van der Waals surface area (Å²) >= 11 is 0. The van der Waals surface area contributed by atoms with E-state index in [2.05, 4.69) is 36.4 Å². The Morgan fingerprint density at radius 3 is 1.95 bits per heavy atom. The normalized spacial score (nSPS) is 10.8. The summed E-state index contributed by atoms with van der Waals surface area (Å²) in [5, 5.41) is 0. The number of aryl methyl sites for hydroxylation is 2. The van der Waals surface area contributed by atoms with Crippen molar-refractivity contribution in [2.75, 3.05) is 20.6 Å². The molecule has 2 aromatic rings. The molecule has 0 aliphatic heterocycles. The third-order valence-corrected chi connectivity index (χ3v) is 3.28. The molecule has 0 saturated heterocycles. The van der Waals surface area contributed by atoms with Gasteiger partial charge < -0.3 is 4.90 Å². The molecule has 0 bridgehead atoms. The highest BCUT2D eigenvalue weighted by atomic mass is 16.1. The zero-order valence-electron chi connectivity index (χ0n) is 12.2. The number of rotatable bonds is 6. The molecule has 0 spiro atoms. The van der Waals surface area contributed by atoms with Gasteiger partial charge in [0.2, 0.25) is 0 Å². The van der Waals surface area contributed by atoms with Crippen LogP contribution in [0.2, 0.25) is 0 Å². The van der Waals surface area contributed by atoms with E-state index in [0.717, 1.165) is 18.4 Å². The van der Waals surface area contributed by atoms with Gasteiger partial charge in [0.05, 0.1) is 6.54 Å². The topological polar surface area (TPSA) is 20.3 Å². The molecule has 0 N–H and O–H groups in total. The van der Waals surface area contributed by atoms with Gasteiger partial charge >= 0.3 is 0 Å². The van der Waals surface area contributed by atoms with E-state index in [1.165, 1.54) is 11.1 Å². The molecular formula is C18H21NO. The maximum absolute atomic E-state index is 11.9. The standard InChI is InChI=1S/C18H21NO/c1-19(2)14-18(20)17-12-10-16(11-13-17)9-8-15-6-4-3-5-7-15/h3-7,10-13H,8-9,14H2,1-2H3. The summed E-state index contributed by atoms with van der Waals surface area (Å²) in [6.45, 7) is 0.462. The van der Waals surface area contributed by atoms with Gasteiger partial charge in [0.15, 0.2) is 5.78 Å². The molecule has 0 fully saturated rings. The molecule has 0 amide bonds. The Balaban J connectivity index is 1.93. The van der Waals surface area contributed by atoms with Crippen LogP contribution in [0.25, 0.3) is 0 Å². The number of benzene rings is 2. The van der Waals surface area contributed by atoms with E-state index in [-0.39, 0.29) is 5.78 Å². The molecule has 0 aromatic heterocycles. The van der Waals surface area contributed by atoms with Crippen molar-refractivity contribution in [1.82, 2.24) is 4.90 Å². The summed E-state index contributed by atoms with van der Waals surface area (Å²) in [4.78, 5) is 13.8. The predicted molar refractivity (Wildman–Crippen MR) is 83.2 cm³/mol. The van der Waals surface area contributed by atoms with Crippen molar-refractivity contribution in [1.29, 1.82) is 0 Å². The zero-order chi connectivity index (χ0) is 14.4. The first-order valence-corrected chi connectivity index (χ1v) is 6.96. The summed E-state index contributed by atoms with van der Waals surface area (Å²) in [5.74, 6) is 0.171. The molecule has 2 heteroatoms. The van der Waals surface area contributed by atoms with Crippen LogP contribution in [0.3, 0.4) is 0 Å². The molecule has 0 aliphatic rings. The van der Waals surface area contributed by atoms with E-state index in [9.17, 15) is 4.79 Å². The molecule has 20 heavy (non-hydrogen) atoms. The highest BCUT2D eigenvalue weighted by molar-refractivity contribution is 5.97. The van der Waals surface area contributed by atoms with Crippen LogP contribution in [0.4, 0.5) is 0 Å². The molecule has 0 aliphatic carbocycles. The van der Waals surface area contributed by atoms with E-state index < -0.39 is 0 Å². The van der Waals surface area contributed by atoms with Crippen LogP contribution in [0, 0.1) is 0 Å². The first kappa shape index (κ1) is 14.5. The monoisotopic (exact) mass is 267 g/mol. The molecule has 2 aromatic carbocycles. The summed E-state index contributed by atoms with van der Waals surface area (Å²) in [6.07, 6.45) is 2.04. The van der Waals surface area contributed by atoms with Crippen LogP contribution < -0.4 is 0 Å². The van der Waals surface area contributed by atoms with E-state index in [1.807, 2.05) is 37.2 Å². The van der Waals surface area contributed by atoms with Crippen molar-refractivity contribution in [2.45, 2.75) is 12.8 Å². The SMILES string of the molecule is CN(C)CC(=O)c1ccc(CCc2ccccc2)cc1. The number of carbonyl (C=O) groups excluding carboxylic acids is 1. The maximum atomic E-state index is 11.9. The van der Waals surface area contributed by atoms with Crippen molar-refractivity contribution < 1.29 is 4.79 Å². The fourth-order valence-electron chi connectivity index (χ4n) is 2.17. The third kappa shape index (κ3) is 4.32. The number of carbonyl (C=O) groups is 1. The fourth-order valence-corrected chi connectivity index (χ4v) is 2.17. The first-order chi connectivity index (χ1) is 9.65. The number of nitrogens with zero attached hydrogens (tertiary/aromatic N) is 1. The molecule has 104 valence electrons. The minimum atomic E-state index is 0.171. The van der Waals surface area contributed by atoms with Gasteiger partial charge in [-0.2, -0.15) is 0 Å². The Morgan fingerprint density at radius 1 is 0.850 bits per heavy atom. The largest absolute Gasteiger partial charge is 0.302 e. The molecule has 0 radical (unpaired) electrons. The second-order valence-corrected chi connectivity index (χ2v) is 5.34. The summed E-state index contributed by atoms with van der Waals surface area (Å²) in [7, 11) is 3.82. The number of ketones is 1. The Labute approximate surface area is 121 Å². The lowest BCUT2D eigenvalue weighted by Crippen LogP contribution is -2.21. The molecular weight excluding hydrogens is 246 g/mol. The molecule has 2 rings (SSSR count). The second kappa shape index (κ2) is 7.01. The molecule has 0 saturated carbocycles. The third-order valence-electron chi connectivity index (χ3n) is 3.28. The van der Waals surface area contributed by atoms with E-state index in [1.54, 1.807) is 0 Å². The molecule has 0 heterocycles. The minimum Gasteiger partial charge on any atom is -0.302 e. The van der Waals surface area contributed by atoms with Gasteiger partial charge in [0.25, 0.3) is 0 Å². The average Bonchev–Trinajstić information content (AvgIpc) is 2.46. The number of likely N-dealkylation sites (N-methyl/N-ethyl adjacent to an activating group) is 1. The predicted octanol–water partition coefficient (Wildman–Crippen LogP) is 3.22. The van der Waals surface area contributed by atoms with Crippen molar-refractivity contribution in [3.05, 3.63) is 71.3 Å². The van der Waals surface area contributed by atoms with Gasteiger partial charge in [0.1, 0.15) is 0 Å². The van der Waals surface area contributed by atoms with Gasteiger partial charge in [0, 0.05) is 5.56 Å². The Hall–Kier alpha value is -1.93. The average molecular weight is 267 g/mol. The van der Waals surface area contributed by atoms with Crippen molar-refractivity contribution in [3.8, 4) is 0 Å². The van der Waals surface area contributed by atoms with Crippen LogP contribution in [0.5, 0.6) is 0 Å². The van der Waals surface area contributed by atoms with Gasteiger partial charge in [-0.15, -0.1) is 0 Å². The summed E-state index contributed by atoms with van der Waals surface area (Å²) in [6, 6.07) is 18.5. The van der Waals surface area contributed by atoms with Crippen LogP contribution in [0.15, 0.2) is 54.6 Å². The highest BCUT2D eigenvalue weighted by Gasteiger charge is 2.06. The van der Waals surface area contributed by atoms with Crippen LogP contribution in [-0.4, -0.2) is 31.3 Å². The summed E-state index contributed by atoms with van der Waals surface area (Å²) < 4.78 is 0. The lowest BCUT2D eigenvalue weighted by molar-refractivity contribution is 0.0958. The van der Waals surface area contributed by atoms with Gasteiger partial charge in [-0.25, -0.2) is 0 Å². The first-order valence-electron chi connectivity index (χ1n) is 6.96. The van der Waals surface area contributed by atoms with Crippen LogP contribution in [-0.2, 0) is 12.8 Å². The number of Topliss-reactive ketones (excluding diaryl/α,β-unsaturated/α-hetero) is 1. The van der Waals surface area contributed by atoms with E-state index in [0.29, 0.717) is 6.54 Å². The van der Waals surface area contributed by atoms with Crippen LogP contribution >= 0.6 is 0 Å². The van der Waals surface area contributed by atoms with Gasteiger partial charge in [-0.05, 0) is 38.1 Å². The minimum absolute atomic E-state index is 0.171. The van der Waals surface area contributed by atoms with Crippen molar-refractivity contribution in [2.24, 2.45) is 0 Å². The van der Waals surface area contributed by atoms with E-state index in [4.69, 9.17) is 0 Å². The molecule has 0 atom stereocenters. The Morgan fingerprint density at radius 2 is 1.40 bits per heavy atom. The van der Waals surface area contributed by atoms with Gasteiger partial charge in [-0.1, -0.05) is 54.6 Å². The van der Waals surface area contributed by atoms with Crippen molar-refractivity contribution >= 4 is 5.78 Å². The smallest absolute Gasteiger partial charge is 0.176 e. The fraction of sp³-hybridized carbons (Fsp3) is 0.278. The number of hydrogen-bond donors (Lipinski definition) is 0. The maximum Gasteiger partial charge on any atom is 0.176 e. The zero-order valence-corrected chi connectivity index (χ0v) is 12.2. The summed E-state index contributed by atoms with van der Waals surface area (Å²) in [5.41, 5.74) is 3.41.